The molecule has 16 heavy (non-hydrogen) atoms. The van der Waals surface area contributed by atoms with Gasteiger partial charge in [-0.15, -0.1) is 0 Å². The van der Waals surface area contributed by atoms with Gasteiger partial charge in [0.15, 0.2) is 0 Å². The molecule has 2 aromatic carbocycles. The van der Waals surface area contributed by atoms with E-state index in [1.54, 1.807) is 0 Å². The van der Waals surface area contributed by atoms with Gasteiger partial charge in [0, 0.05) is 11.4 Å². The normalized spacial score (nSPS) is 9.81. The van der Waals surface area contributed by atoms with Crippen LogP contribution in [-0.4, -0.2) is 6.67 Å². The Morgan fingerprint density at radius 3 is 2.25 bits per heavy atom. The minimum atomic E-state index is 0.731. The quantitative estimate of drug-likeness (QED) is 0.758. The van der Waals surface area contributed by atoms with Crippen molar-refractivity contribution in [2.45, 2.75) is 6.92 Å². The molecule has 2 rings (SSSR count). The standard InChI is InChI=1S/C14H16N2/c1-12-7-5-6-10-14(12)16-11-15-13-8-3-2-4-9-13/h2-10,15-16H,11H2,1H3. The molecule has 0 aliphatic heterocycles. The van der Waals surface area contributed by atoms with Gasteiger partial charge in [0.25, 0.3) is 0 Å². The molecule has 0 spiro atoms. The van der Waals surface area contributed by atoms with E-state index < -0.39 is 0 Å². The van der Waals surface area contributed by atoms with Crippen LogP contribution in [0.3, 0.4) is 0 Å². The largest absolute Gasteiger partial charge is 0.368 e. The van der Waals surface area contributed by atoms with Crippen LogP contribution >= 0.6 is 0 Å². The summed E-state index contributed by atoms with van der Waals surface area (Å²) in [5, 5.41) is 6.66. The molecule has 0 aromatic heterocycles. The van der Waals surface area contributed by atoms with E-state index in [4.69, 9.17) is 0 Å². The van der Waals surface area contributed by atoms with Gasteiger partial charge < -0.3 is 10.6 Å². The molecule has 0 bridgehead atoms. The van der Waals surface area contributed by atoms with Crippen LogP contribution in [-0.2, 0) is 0 Å². The smallest absolute Gasteiger partial charge is 0.0849 e. The number of hydrogen-bond acceptors (Lipinski definition) is 2. The summed E-state index contributed by atoms with van der Waals surface area (Å²) in [4.78, 5) is 0. The van der Waals surface area contributed by atoms with Crippen LogP contribution in [0.1, 0.15) is 5.56 Å². The summed E-state index contributed by atoms with van der Waals surface area (Å²) in [5.74, 6) is 0. The van der Waals surface area contributed by atoms with Gasteiger partial charge in [0.2, 0.25) is 0 Å². The van der Waals surface area contributed by atoms with E-state index in [9.17, 15) is 0 Å². The molecule has 0 amide bonds. The Morgan fingerprint density at radius 1 is 0.812 bits per heavy atom. The zero-order chi connectivity index (χ0) is 11.2. The molecule has 2 N–H and O–H groups in total. The molecule has 0 aliphatic rings. The summed E-state index contributed by atoms with van der Waals surface area (Å²) in [6, 6.07) is 18.4. The van der Waals surface area contributed by atoms with Gasteiger partial charge in [-0.1, -0.05) is 36.4 Å². The summed E-state index contributed by atoms with van der Waals surface area (Å²) >= 11 is 0. The van der Waals surface area contributed by atoms with E-state index in [0.717, 1.165) is 12.4 Å². The first-order valence-corrected chi connectivity index (χ1v) is 5.45. The fourth-order valence-electron chi connectivity index (χ4n) is 1.57. The third-order valence-corrected chi connectivity index (χ3v) is 2.49. The third-order valence-electron chi connectivity index (χ3n) is 2.49. The molecule has 0 atom stereocenters. The lowest BCUT2D eigenvalue weighted by molar-refractivity contribution is 1.20. The zero-order valence-corrected chi connectivity index (χ0v) is 9.40. The fourth-order valence-corrected chi connectivity index (χ4v) is 1.57. The van der Waals surface area contributed by atoms with Gasteiger partial charge in [-0.25, -0.2) is 0 Å². The fraction of sp³-hybridized carbons (Fsp3) is 0.143. The van der Waals surface area contributed by atoms with Crippen LogP contribution in [0.5, 0.6) is 0 Å². The van der Waals surface area contributed by atoms with E-state index in [1.165, 1.54) is 11.3 Å². The number of nitrogens with one attached hydrogen (secondary N) is 2. The first kappa shape index (κ1) is 10.6. The molecule has 2 aromatic rings. The maximum Gasteiger partial charge on any atom is 0.0849 e. The number of hydrogen-bond donors (Lipinski definition) is 2. The lowest BCUT2D eigenvalue weighted by atomic mass is 10.2. The summed E-state index contributed by atoms with van der Waals surface area (Å²) < 4.78 is 0. The van der Waals surface area contributed by atoms with Gasteiger partial charge in [0.05, 0.1) is 6.67 Å². The summed E-state index contributed by atoms with van der Waals surface area (Å²) in [7, 11) is 0. The number of benzene rings is 2. The zero-order valence-electron chi connectivity index (χ0n) is 9.40. The highest BCUT2D eigenvalue weighted by Crippen LogP contribution is 2.12. The van der Waals surface area contributed by atoms with Crippen molar-refractivity contribution >= 4 is 11.4 Å². The highest BCUT2D eigenvalue weighted by molar-refractivity contribution is 5.51. The number of rotatable bonds is 4. The van der Waals surface area contributed by atoms with Gasteiger partial charge in [-0.2, -0.15) is 0 Å². The van der Waals surface area contributed by atoms with Crippen LogP contribution in [0, 0.1) is 6.92 Å². The lowest BCUT2D eigenvalue weighted by Crippen LogP contribution is -2.12. The van der Waals surface area contributed by atoms with Crippen molar-refractivity contribution in [2.24, 2.45) is 0 Å². The first-order valence-electron chi connectivity index (χ1n) is 5.45. The SMILES string of the molecule is Cc1ccccc1NCNc1ccccc1. The molecule has 0 unspecified atom stereocenters. The minimum Gasteiger partial charge on any atom is -0.368 e. The predicted octanol–water partition coefficient (Wildman–Crippen LogP) is 3.48. The number of aryl methyl sites for hydroxylation is 1. The van der Waals surface area contributed by atoms with Crippen molar-refractivity contribution < 1.29 is 0 Å². The number of anilines is 2. The van der Waals surface area contributed by atoms with Gasteiger partial charge in [0.1, 0.15) is 0 Å². The molecule has 0 aliphatic carbocycles. The van der Waals surface area contributed by atoms with Crippen molar-refractivity contribution in [3.63, 3.8) is 0 Å². The second kappa shape index (κ2) is 5.21. The third kappa shape index (κ3) is 2.76. The van der Waals surface area contributed by atoms with Crippen molar-refractivity contribution in [1.82, 2.24) is 0 Å². The van der Waals surface area contributed by atoms with Crippen LogP contribution in [0.25, 0.3) is 0 Å². The Labute approximate surface area is 96.3 Å². The monoisotopic (exact) mass is 212 g/mol. The average Bonchev–Trinajstić information content (AvgIpc) is 2.33. The van der Waals surface area contributed by atoms with E-state index in [2.05, 4.69) is 41.8 Å². The maximum absolute atomic E-state index is 3.35. The Balaban J connectivity index is 1.87. The van der Waals surface area contributed by atoms with Gasteiger partial charge in [-0.3, -0.25) is 0 Å². The molecule has 0 saturated heterocycles. The maximum atomic E-state index is 3.35. The molecular formula is C14H16N2. The Kier molecular flexibility index (Phi) is 3.44. The Morgan fingerprint density at radius 2 is 1.50 bits per heavy atom. The van der Waals surface area contributed by atoms with E-state index >= 15 is 0 Å². The van der Waals surface area contributed by atoms with Gasteiger partial charge >= 0.3 is 0 Å². The topological polar surface area (TPSA) is 24.1 Å². The molecule has 2 heteroatoms. The first-order chi connectivity index (χ1) is 7.86. The molecule has 0 fully saturated rings. The molecule has 0 saturated carbocycles. The van der Waals surface area contributed by atoms with Gasteiger partial charge in [-0.05, 0) is 30.7 Å². The Hall–Kier alpha value is -1.96. The summed E-state index contributed by atoms with van der Waals surface area (Å²) in [6.07, 6.45) is 0. The van der Waals surface area contributed by atoms with E-state index in [1.807, 2.05) is 30.3 Å². The predicted molar refractivity (Wildman–Crippen MR) is 69.7 cm³/mol. The summed E-state index contributed by atoms with van der Waals surface area (Å²) in [6.45, 7) is 2.83. The summed E-state index contributed by atoms with van der Waals surface area (Å²) in [5.41, 5.74) is 3.56. The van der Waals surface area contributed by atoms with Crippen molar-refractivity contribution in [3.05, 3.63) is 60.2 Å². The van der Waals surface area contributed by atoms with Crippen molar-refractivity contribution in [3.8, 4) is 0 Å². The molecule has 0 heterocycles. The highest BCUT2D eigenvalue weighted by Gasteiger charge is 1.94. The van der Waals surface area contributed by atoms with Crippen LogP contribution in [0.2, 0.25) is 0 Å². The Bertz CT molecular complexity index is 437. The lowest BCUT2D eigenvalue weighted by Gasteiger charge is -2.11. The molecule has 0 radical (unpaired) electrons. The van der Waals surface area contributed by atoms with E-state index in [-0.39, 0.29) is 0 Å². The molecule has 2 nitrogen and oxygen atoms in total. The average molecular weight is 212 g/mol. The number of para-hydroxylation sites is 2. The van der Waals surface area contributed by atoms with Crippen LogP contribution in [0.4, 0.5) is 11.4 Å². The molecule has 82 valence electrons. The second-order valence-electron chi connectivity index (χ2n) is 3.71. The second-order valence-corrected chi connectivity index (χ2v) is 3.71. The van der Waals surface area contributed by atoms with Crippen molar-refractivity contribution in [1.29, 1.82) is 0 Å². The van der Waals surface area contributed by atoms with Crippen molar-refractivity contribution in [2.75, 3.05) is 17.3 Å². The van der Waals surface area contributed by atoms with Crippen LogP contribution in [0.15, 0.2) is 54.6 Å². The molecular weight excluding hydrogens is 196 g/mol. The minimum absolute atomic E-state index is 0.731. The van der Waals surface area contributed by atoms with E-state index in [0.29, 0.717) is 0 Å². The van der Waals surface area contributed by atoms with Crippen LogP contribution < -0.4 is 10.6 Å². The highest BCUT2D eigenvalue weighted by atomic mass is 15.1.